The van der Waals surface area contributed by atoms with Gasteiger partial charge in [0.15, 0.2) is 5.96 Å². The number of carbonyl (C=O) groups excluding carboxylic acids is 1. The molecule has 2 rings (SSSR count). The van der Waals surface area contributed by atoms with Crippen molar-refractivity contribution in [3.8, 4) is 0 Å². The molecule has 1 aliphatic heterocycles. The molecule has 1 aromatic rings. The Kier molecular flexibility index (Phi) is 8.98. The lowest BCUT2D eigenvalue weighted by atomic mass is 10.1. The van der Waals surface area contributed by atoms with Crippen LogP contribution in [0.1, 0.15) is 48.5 Å². The summed E-state index contributed by atoms with van der Waals surface area (Å²) < 4.78 is 0. The summed E-state index contributed by atoms with van der Waals surface area (Å²) in [5, 5.41) is 2.79. The number of likely N-dealkylation sites (tertiary alicyclic amines) is 1. The van der Waals surface area contributed by atoms with Crippen LogP contribution in [0.15, 0.2) is 29.3 Å². The number of carbonyl (C=O) groups is 1. The van der Waals surface area contributed by atoms with E-state index in [9.17, 15) is 4.79 Å². The average molecular weight is 430 g/mol. The van der Waals surface area contributed by atoms with Crippen LogP contribution in [0.3, 0.4) is 0 Å². The molecule has 1 heterocycles. The van der Waals surface area contributed by atoms with Crippen LogP contribution in [0.2, 0.25) is 0 Å². The molecule has 6 heteroatoms. The van der Waals surface area contributed by atoms with Crippen molar-refractivity contribution >= 4 is 35.8 Å². The molecule has 1 aliphatic rings. The molecule has 0 bridgehead atoms. The molecule has 0 saturated carbocycles. The molecule has 1 amide bonds. The number of halogens is 1. The van der Waals surface area contributed by atoms with E-state index in [-0.39, 0.29) is 29.9 Å². The van der Waals surface area contributed by atoms with Crippen LogP contribution in [-0.2, 0) is 6.54 Å². The van der Waals surface area contributed by atoms with Crippen LogP contribution in [0.25, 0.3) is 0 Å². The third kappa shape index (κ3) is 6.37. The first-order valence-corrected chi connectivity index (χ1v) is 8.12. The maximum atomic E-state index is 11.7. The Morgan fingerprint density at radius 1 is 1.17 bits per heavy atom. The lowest BCUT2D eigenvalue weighted by molar-refractivity contribution is 0.0956. The first-order valence-electron chi connectivity index (χ1n) is 8.12. The fourth-order valence-electron chi connectivity index (χ4n) is 2.60. The molecule has 0 atom stereocenters. The minimum atomic E-state index is -0.0402. The Morgan fingerprint density at radius 2 is 1.78 bits per heavy atom. The molecule has 3 N–H and O–H groups in total. The molecule has 0 aliphatic carbocycles. The summed E-state index contributed by atoms with van der Waals surface area (Å²) in [6.45, 7) is 5.11. The van der Waals surface area contributed by atoms with E-state index in [2.05, 4.69) is 15.2 Å². The molecule has 0 spiro atoms. The molecule has 128 valence electrons. The topological polar surface area (TPSA) is 70.7 Å². The molecule has 1 fully saturated rings. The fourth-order valence-corrected chi connectivity index (χ4v) is 2.60. The number of benzene rings is 1. The van der Waals surface area contributed by atoms with Gasteiger partial charge in [0.05, 0.1) is 6.54 Å². The smallest absolute Gasteiger partial charge is 0.251 e. The summed E-state index contributed by atoms with van der Waals surface area (Å²) >= 11 is 0. The lowest BCUT2D eigenvalue weighted by Gasteiger charge is -2.21. The van der Waals surface area contributed by atoms with E-state index < -0.39 is 0 Å². The summed E-state index contributed by atoms with van der Waals surface area (Å²) in [6.07, 6.45) is 4.95. The second kappa shape index (κ2) is 10.5. The first kappa shape index (κ1) is 19.7. The van der Waals surface area contributed by atoms with E-state index in [1.807, 2.05) is 31.2 Å². The zero-order valence-electron chi connectivity index (χ0n) is 13.8. The van der Waals surface area contributed by atoms with Gasteiger partial charge in [0.1, 0.15) is 0 Å². The second-order valence-corrected chi connectivity index (χ2v) is 5.63. The number of amides is 1. The minimum Gasteiger partial charge on any atom is -0.370 e. The van der Waals surface area contributed by atoms with Crippen LogP contribution in [0, 0.1) is 0 Å². The predicted molar refractivity (Wildman–Crippen MR) is 105 cm³/mol. The van der Waals surface area contributed by atoms with E-state index in [1.54, 1.807) is 0 Å². The van der Waals surface area contributed by atoms with Crippen molar-refractivity contribution in [3.05, 3.63) is 35.4 Å². The molecule has 1 saturated heterocycles. The molecule has 1 aromatic carbocycles. The van der Waals surface area contributed by atoms with Gasteiger partial charge in [-0.15, -0.1) is 24.0 Å². The van der Waals surface area contributed by atoms with Crippen LogP contribution in [0.4, 0.5) is 0 Å². The SMILES string of the molecule is CCNC(=O)c1ccc(CN=C(N)N2CCCCCC2)cc1.I. The summed E-state index contributed by atoms with van der Waals surface area (Å²) in [5.74, 6) is 0.594. The van der Waals surface area contributed by atoms with Crippen molar-refractivity contribution in [2.45, 2.75) is 39.2 Å². The van der Waals surface area contributed by atoms with Gasteiger partial charge in [0.25, 0.3) is 5.91 Å². The maximum absolute atomic E-state index is 11.7. The maximum Gasteiger partial charge on any atom is 0.251 e. The predicted octanol–water partition coefficient (Wildman–Crippen LogP) is 2.75. The van der Waals surface area contributed by atoms with Gasteiger partial charge in [-0.1, -0.05) is 25.0 Å². The molecule has 5 nitrogen and oxygen atoms in total. The van der Waals surface area contributed by atoms with E-state index in [1.165, 1.54) is 25.7 Å². The van der Waals surface area contributed by atoms with Gasteiger partial charge < -0.3 is 16.0 Å². The summed E-state index contributed by atoms with van der Waals surface area (Å²) in [6, 6.07) is 7.53. The zero-order valence-corrected chi connectivity index (χ0v) is 16.1. The molecular weight excluding hydrogens is 403 g/mol. The Balaban J connectivity index is 0.00000264. The fraction of sp³-hybridized carbons (Fsp3) is 0.529. The van der Waals surface area contributed by atoms with Crippen molar-refractivity contribution in [2.75, 3.05) is 19.6 Å². The van der Waals surface area contributed by atoms with Crippen molar-refractivity contribution in [2.24, 2.45) is 10.7 Å². The van der Waals surface area contributed by atoms with Gasteiger partial charge in [0.2, 0.25) is 0 Å². The third-order valence-electron chi connectivity index (χ3n) is 3.91. The van der Waals surface area contributed by atoms with Gasteiger partial charge in [-0.2, -0.15) is 0 Å². The molecule has 23 heavy (non-hydrogen) atoms. The van der Waals surface area contributed by atoms with Crippen LogP contribution in [-0.4, -0.2) is 36.4 Å². The highest BCUT2D eigenvalue weighted by molar-refractivity contribution is 14.0. The van der Waals surface area contributed by atoms with Gasteiger partial charge in [0, 0.05) is 25.2 Å². The van der Waals surface area contributed by atoms with Crippen molar-refractivity contribution in [1.82, 2.24) is 10.2 Å². The number of nitrogens with one attached hydrogen (secondary N) is 1. The van der Waals surface area contributed by atoms with Crippen LogP contribution < -0.4 is 11.1 Å². The normalized spacial score (nSPS) is 15.5. The standard InChI is InChI=1S/C17H26N4O.HI/c1-2-19-16(22)15-9-7-14(8-10-15)13-20-17(18)21-11-5-3-4-6-12-21;/h7-10H,2-6,11-13H2,1H3,(H2,18,20)(H,19,22);1H. The summed E-state index contributed by atoms with van der Waals surface area (Å²) in [5.41, 5.74) is 7.83. The number of hydrogen-bond acceptors (Lipinski definition) is 2. The number of hydrogen-bond donors (Lipinski definition) is 2. The first-order chi connectivity index (χ1) is 10.7. The van der Waals surface area contributed by atoms with Gasteiger partial charge in [-0.3, -0.25) is 4.79 Å². The average Bonchev–Trinajstić information content (AvgIpc) is 2.82. The number of nitrogens with zero attached hydrogens (tertiary/aromatic N) is 2. The highest BCUT2D eigenvalue weighted by Gasteiger charge is 2.10. The summed E-state index contributed by atoms with van der Waals surface area (Å²) in [4.78, 5) is 18.4. The highest BCUT2D eigenvalue weighted by Crippen LogP contribution is 2.10. The third-order valence-corrected chi connectivity index (χ3v) is 3.91. The van der Waals surface area contributed by atoms with E-state index in [0.29, 0.717) is 24.6 Å². The number of guanidine groups is 1. The van der Waals surface area contributed by atoms with E-state index in [4.69, 9.17) is 5.73 Å². The minimum absolute atomic E-state index is 0. The highest BCUT2D eigenvalue weighted by atomic mass is 127. The second-order valence-electron chi connectivity index (χ2n) is 5.63. The Bertz CT molecular complexity index is 508. The van der Waals surface area contributed by atoms with Gasteiger partial charge >= 0.3 is 0 Å². The van der Waals surface area contributed by atoms with Crippen LogP contribution in [0.5, 0.6) is 0 Å². The van der Waals surface area contributed by atoms with Gasteiger partial charge in [-0.05, 0) is 37.5 Å². The van der Waals surface area contributed by atoms with Gasteiger partial charge in [-0.25, -0.2) is 4.99 Å². The Morgan fingerprint density at radius 3 is 2.35 bits per heavy atom. The lowest BCUT2D eigenvalue weighted by Crippen LogP contribution is -2.38. The molecule has 0 radical (unpaired) electrons. The van der Waals surface area contributed by atoms with Crippen molar-refractivity contribution in [3.63, 3.8) is 0 Å². The van der Waals surface area contributed by atoms with E-state index in [0.717, 1.165) is 18.7 Å². The number of aliphatic imine (C=N–C) groups is 1. The number of nitrogens with two attached hydrogens (primary N) is 1. The Labute approximate surface area is 155 Å². The molecular formula is C17H27IN4O. The zero-order chi connectivity index (χ0) is 15.8. The monoisotopic (exact) mass is 430 g/mol. The van der Waals surface area contributed by atoms with Crippen molar-refractivity contribution < 1.29 is 4.79 Å². The van der Waals surface area contributed by atoms with Crippen molar-refractivity contribution in [1.29, 1.82) is 0 Å². The molecule has 0 unspecified atom stereocenters. The Hall–Kier alpha value is -1.31. The molecule has 0 aromatic heterocycles. The van der Waals surface area contributed by atoms with E-state index >= 15 is 0 Å². The quantitative estimate of drug-likeness (QED) is 0.439. The summed E-state index contributed by atoms with van der Waals surface area (Å²) in [7, 11) is 0. The van der Waals surface area contributed by atoms with Crippen LogP contribution >= 0.6 is 24.0 Å². The largest absolute Gasteiger partial charge is 0.370 e. The number of rotatable bonds is 4.